The molecule has 4 atom stereocenters. The zero-order chi connectivity index (χ0) is 27.7. The minimum atomic E-state index is -1.77. The highest BCUT2D eigenvalue weighted by Crippen LogP contribution is 2.66. The zero-order valence-electron chi connectivity index (χ0n) is 21.5. The third-order valence-corrected chi connectivity index (χ3v) is 9.74. The largest absolute Gasteiger partial charge is 0.502 e. The van der Waals surface area contributed by atoms with Gasteiger partial charge in [0, 0.05) is 54.0 Å². The number of para-hydroxylation sites is 1. The number of amides is 1. The van der Waals surface area contributed by atoms with E-state index in [4.69, 9.17) is 4.74 Å². The molecule has 1 aromatic heterocycles. The van der Waals surface area contributed by atoms with Gasteiger partial charge >= 0.3 is 0 Å². The average molecular weight is 551 g/mol. The standard InChI is InChI=1S/C29H25F3N4O4/c1-28-8-9-29(28,32)34-13-17-15(5-6-19(30)22(17)31)23(16-3-2-4-18(28)24(16)34)36-21-14-40-12-11-33(21)27(39)25-26(38)20(37)7-10-35(25)36/h2-7,10,21,23,38H,8-9,11-14H2,1H3/t21-,23+,28?,29?/m1/s1. The van der Waals surface area contributed by atoms with Gasteiger partial charge in [0.05, 0.1) is 13.2 Å². The van der Waals surface area contributed by atoms with Crippen molar-refractivity contribution in [2.24, 2.45) is 0 Å². The lowest BCUT2D eigenvalue weighted by atomic mass is 9.61. The third kappa shape index (κ3) is 2.62. The summed E-state index contributed by atoms with van der Waals surface area (Å²) in [5.41, 5.74) is 0.738. The van der Waals surface area contributed by atoms with Crippen molar-refractivity contribution in [3.63, 3.8) is 0 Å². The van der Waals surface area contributed by atoms with E-state index in [0.717, 1.165) is 17.7 Å². The van der Waals surface area contributed by atoms with Gasteiger partial charge in [-0.25, -0.2) is 13.2 Å². The van der Waals surface area contributed by atoms with Gasteiger partial charge in [-0.15, -0.1) is 0 Å². The van der Waals surface area contributed by atoms with Crippen LogP contribution in [0, 0.1) is 11.6 Å². The molecule has 0 radical (unpaired) electrons. The number of fused-ring (bicyclic) bond motifs is 6. The third-order valence-electron chi connectivity index (χ3n) is 9.74. The Morgan fingerprint density at radius 1 is 1.07 bits per heavy atom. The molecular formula is C29H25F3N4O4. The molecule has 8 rings (SSSR count). The van der Waals surface area contributed by atoms with E-state index in [1.54, 1.807) is 9.91 Å². The molecule has 2 aromatic carbocycles. The maximum absolute atomic E-state index is 16.8. The molecule has 1 N–H and O–H groups in total. The summed E-state index contributed by atoms with van der Waals surface area (Å²) in [4.78, 5) is 29.1. The fourth-order valence-corrected chi connectivity index (χ4v) is 7.56. The number of ether oxygens (including phenoxy) is 1. The Hall–Kier alpha value is -3.99. The highest BCUT2D eigenvalue weighted by Gasteiger charge is 2.68. The van der Waals surface area contributed by atoms with Gasteiger partial charge in [-0.2, -0.15) is 0 Å². The van der Waals surface area contributed by atoms with Crippen molar-refractivity contribution in [1.82, 2.24) is 9.58 Å². The van der Waals surface area contributed by atoms with Crippen LogP contribution in [0.3, 0.4) is 0 Å². The highest BCUT2D eigenvalue weighted by molar-refractivity contribution is 5.96. The Balaban J connectivity index is 1.47. The molecule has 2 unspecified atom stereocenters. The van der Waals surface area contributed by atoms with Crippen LogP contribution in [0.2, 0.25) is 0 Å². The number of hydrogen-bond donors (Lipinski definition) is 1. The Morgan fingerprint density at radius 3 is 2.67 bits per heavy atom. The van der Waals surface area contributed by atoms with Gasteiger partial charge in [-0.1, -0.05) is 31.2 Å². The summed E-state index contributed by atoms with van der Waals surface area (Å²) in [7, 11) is 0. The van der Waals surface area contributed by atoms with Gasteiger partial charge in [0.15, 0.2) is 28.9 Å². The predicted octanol–water partition coefficient (Wildman–Crippen LogP) is 3.42. The summed E-state index contributed by atoms with van der Waals surface area (Å²) in [6, 6.07) is 8.43. The second-order valence-electron chi connectivity index (χ2n) is 11.4. The Bertz CT molecular complexity index is 1710. The molecular weight excluding hydrogens is 525 g/mol. The molecule has 4 aliphatic heterocycles. The molecule has 0 bridgehead atoms. The number of halogens is 3. The summed E-state index contributed by atoms with van der Waals surface area (Å²) < 4.78 is 54.5. The van der Waals surface area contributed by atoms with Gasteiger partial charge < -0.3 is 19.6 Å². The number of benzene rings is 2. The number of pyridine rings is 1. The smallest absolute Gasteiger partial charge is 0.278 e. The van der Waals surface area contributed by atoms with E-state index in [9.17, 15) is 19.1 Å². The minimum absolute atomic E-state index is 0.0207. The summed E-state index contributed by atoms with van der Waals surface area (Å²) in [5.74, 6) is -5.09. The van der Waals surface area contributed by atoms with Crippen molar-refractivity contribution in [2.75, 3.05) is 29.7 Å². The molecule has 2 fully saturated rings. The number of nitrogens with zero attached hydrogens (tertiary/aromatic N) is 4. The number of hydrogen-bond acceptors (Lipinski definition) is 6. The molecule has 11 heteroatoms. The van der Waals surface area contributed by atoms with E-state index < -0.39 is 52.1 Å². The molecule has 8 nitrogen and oxygen atoms in total. The average Bonchev–Trinajstić information content (AvgIpc) is 3.05. The second kappa shape index (κ2) is 7.60. The van der Waals surface area contributed by atoms with Crippen LogP contribution in [0.4, 0.5) is 18.9 Å². The van der Waals surface area contributed by atoms with Crippen molar-refractivity contribution in [3.05, 3.63) is 92.4 Å². The van der Waals surface area contributed by atoms with E-state index in [1.807, 2.05) is 25.1 Å². The van der Waals surface area contributed by atoms with Crippen LogP contribution in [-0.4, -0.2) is 52.3 Å². The number of anilines is 1. The normalized spacial score (nSPS) is 29.6. The fraction of sp³-hybridized carbons (Fsp3) is 0.379. The Morgan fingerprint density at radius 2 is 1.90 bits per heavy atom. The van der Waals surface area contributed by atoms with Crippen LogP contribution in [0.1, 0.15) is 58.5 Å². The number of aromatic nitrogens is 1. The first-order valence-electron chi connectivity index (χ1n) is 13.4. The molecule has 206 valence electrons. The Kier molecular flexibility index (Phi) is 4.53. The van der Waals surface area contributed by atoms with E-state index >= 15 is 8.78 Å². The number of carbonyl (C=O) groups excluding carboxylic acids is 1. The number of alkyl halides is 1. The lowest BCUT2D eigenvalue weighted by Crippen LogP contribution is -2.66. The first kappa shape index (κ1) is 23.9. The lowest BCUT2D eigenvalue weighted by Gasteiger charge is -2.51. The molecule has 5 heterocycles. The second-order valence-corrected chi connectivity index (χ2v) is 11.4. The molecule has 3 aromatic rings. The maximum Gasteiger partial charge on any atom is 0.278 e. The van der Waals surface area contributed by atoms with Crippen LogP contribution in [0.15, 0.2) is 47.4 Å². The van der Waals surface area contributed by atoms with Crippen LogP contribution >= 0.6 is 0 Å². The SMILES string of the molecule is CC12CCC1(F)N1Cc3c(ccc(F)c3F)[C@H](N3[C@@H]4COCCN4C(=O)c4c(O)c(=O)ccn43)c3cccc2c31. The molecule has 0 spiro atoms. The van der Waals surface area contributed by atoms with Gasteiger partial charge in [0.2, 0.25) is 5.43 Å². The monoisotopic (exact) mass is 550 g/mol. The van der Waals surface area contributed by atoms with Crippen molar-refractivity contribution in [1.29, 1.82) is 0 Å². The topological polar surface area (TPSA) is 78.2 Å². The minimum Gasteiger partial charge on any atom is -0.502 e. The van der Waals surface area contributed by atoms with Crippen molar-refractivity contribution in [3.8, 4) is 5.75 Å². The number of carbonyl (C=O) groups is 1. The maximum atomic E-state index is 16.8. The number of morpholine rings is 1. The van der Waals surface area contributed by atoms with Gasteiger partial charge in [0.1, 0.15) is 12.2 Å². The molecule has 40 heavy (non-hydrogen) atoms. The first-order valence-corrected chi connectivity index (χ1v) is 13.4. The van der Waals surface area contributed by atoms with Crippen LogP contribution in [0.25, 0.3) is 0 Å². The summed E-state index contributed by atoms with van der Waals surface area (Å²) in [5, 5.41) is 12.5. The van der Waals surface area contributed by atoms with Crippen LogP contribution < -0.4 is 15.3 Å². The summed E-state index contributed by atoms with van der Waals surface area (Å²) in [6.07, 6.45) is 1.56. The van der Waals surface area contributed by atoms with Gasteiger partial charge in [-0.05, 0) is 23.6 Å². The van der Waals surface area contributed by atoms with Gasteiger partial charge in [0.25, 0.3) is 5.91 Å². The van der Waals surface area contributed by atoms with E-state index in [2.05, 4.69) is 0 Å². The molecule has 1 saturated carbocycles. The summed E-state index contributed by atoms with van der Waals surface area (Å²) >= 11 is 0. The van der Waals surface area contributed by atoms with Crippen molar-refractivity contribution < 1.29 is 27.8 Å². The van der Waals surface area contributed by atoms with Crippen LogP contribution in [-0.2, 0) is 16.7 Å². The Labute approximate surface area is 226 Å². The zero-order valence-corrected chi connectivity index (χ0v) is 21.5. The highest BCUT2D eigenvalue weighted by atomic mass is 19.2. The first-order chi connectivity index (χ1) is 19.2. The van der Waals surface area contributed by atoms with Crippen LogP contribution in [0.5, 0.6) is 5.75 Å². The quantitative estimate of drug-likeness (QED) is 0.468. The molecule has 1 saturated heterocycles. The fourth-order valence-electron chi connectivity index (χ4n) is 7.56. The molecule has 1 amide bonds. The summed E-state index contributed by atoms with van der Waals surface area (Å²) in [6.45, 7) is 2.24. The van der Waals surface area contributed by atoms with Crippen molar-refractivity contribution >= 4 is 11.6 Å². The number of aromatic hydroxyl groups is 1. The van der Waals surface area contributed by atoms with Gasteiger partial charge in [-0.3, -0.25) is 19.3 Å². The van der Waals surface area contributed by atoms with E-state index in [-0.39, 0.29) is 44.0 Å². The van der Waals surface area contributed by atoms with E-state index in [0.29, 0.717) is 23.2 Å². The molecule has 5 aliphatic rings. The number of rotatable bonds is 1. The molecule has 1 aliphatic carbocycles. The predicted molar refractivity (Wildman–Crippen MR) is 137 cm³/mol. The lowest BCUT2D eigenvalue weighted by molar-refractivity contribution is -0.0259. The van der Waals surface area contributed by atoms with E-state index in [1.165, 1.54) is 21.8 Å². The van der Waals surface area contributed by atoms with Crippen molar-refractivity contribution in [2.45, 2.75) is 49.7 Å².